The van der Waals surface area contributed by atoms with Gasteiger partial charge in [-0.3, -0.25) is 4.79 Å². The van der Waals surface area contributed by atoms with Gasteiger partial charge in [0.15, 0.2) is 6.10 Å². The van der Waals surface area contributed by atoms with Gasteiger partial charge in [-0.15, -0.1) is 0 Å². The van der Waals surface area contributed by atoms with E-state index >= 15 is 0 Å². The van der Waals surface area contributed by atoms with E-state index in [1.54, 1.807) is 6.07 Å². The molecule has 2 aromatic rings. The van der Waals surface area contributed by atoms with E-state index in [0.717, 1.165) is 0 Å². The van der Waals surface area contributed by atoms with Crippen LogP contribution in [0.2, 0.25) is 10.0 Å². The van der Waals surface area contributed by atoms with E-state index < -0.39 is 28.0 Å². The number of esters is 1. The van der Waals surface area contributed by atoms with Crippen LogP contribution in [0.5, 0.6) is 0 Å². The number of anilines is 1. The van der Waals surface area contributed by atoms with E-state index in [1.165, 1.54) is 47.6 Å². The molecule has 1 amide bonds. The standard InChI is InChI=1S/C20H20Cl2N2O6S/c1-13(19(25)23-18-12-15(21)5-6-17(18)22)30-20(26)14-3-2-4-16(11-14)31(27,28)24-7-9-29-10-8-24/h2-6,11-13H,7-10H2,1H3,(H,23,25). The average molecular weight is 487 g/mol. The summed E-state index contributed by atoms with van der Waals surface area (Å²) in [6.07, 6.45) is -1.16. The molecule has 0 radical (unpaired) electrons. The van der Waals surface area contributed by atoms with Crippen molar-refractivity contribution in [3.05, 3.63) is 58.1 Å². The molecule has 11 heteroatoms. The molecule has 1 fully saturated rings. The molecule has 0 saturated carbocycles. The average Bonchev–Trinajstić information content (AvgIpc) is 2.76. The first-order valence-corrected chi connectivity index (χ1v) is 11.5. The number of carbonyl (C=O) groups is 2. The zero-order chi connectivity index (χ0) is 22.6. The number of hydrogen-bond acceptors (Lipinski definition) is 6. The summed E-state index contributed by atoms with van der Waals surface area (Å²) < 4.78 is 37.2. The lowest BCUT2D eigenvalue weighted by Gasteiger charge is -2.26. The number of amides is 1. The molecule has 2 aromatic carbocycles. The first-order valence-electron chi connectivity index (χ1n) is 9.33. The minimum atomic E-state index is -3.77. The highest BCUT2D eigenvalue weighted by atomic mass is 35.5. The highest BCUT2D eigenvalue weighted by Crippen LogP contribution is 2.26. The molecule has 31 heavy (non-hydrogen) atoms. The van der Waals surface area contributed by atoms with E-state index in [0.29, 0.717) is 18.2 Å². The predicted octanol–water partition coefficient (Wildman–Crippen LogP) is 3.20. The Labute approximate surface area is 190 Å². The summed E-state index contributed by atoms with van der Waals surface area (Å²) in [7, 11) is -3.77. The molecule has 1 atom stereocenters. The lowest BCUT2D eigenvalue weighted by atomic mass is 10.2. The largest absolute Gasteiger partial charge is 0.449 e. The van der Waals surface area contributed by atoms with Crippen LogP contribution < -0.4 is 5.32 Å². The van der Waals surface area contributed by atoms with Gasteiger partial charge in [0, 0.05) is 18.1 Å². The van der Waals surface area contributed by atoms with Crippen molar-refractivity contribution >= 4 is 50.8 Å². The zero-order valence-electron chi connectivity index (χ0n) is 16.5. The molecule has 0 aromatic heterocycles. The quantitative estimate of drug-likeness (QED) is 0.628. The van der Waals surface area contributed by atoms with Crippen molar-refractivity contribution in [3.8, 4) is 0 Å². The van der Waals surface area contributed by atoms with Gasteiger partial charge < -0.3 is 14.8 Å². The maximum atomic E-state index is 12.8. The SMILES string of the molecule is CC(OC(=O)c1cccc(S(=O)(=O)N2CCOCC2)c1)C(=O)Nc1cc(Cl)ccc1Cl. The van der Waals surface area contributed by atoms with Gasteiger partial charge in [0.2, 0.25) is 10.0 Å². The van der Waals surface area contributed by atoms with Crippen LogP contribution in [-0.2, 0) is 24.3 Å². The zero-order valence-corrected chi connectivity index (χ0v) is 18.8. The van der Waals surface area contributed by atoms with Crippen molar-refractivity contribution in [2.45, 2.75) is 17.9 Å². The summed E-state index contributed by atoms with van der Waals surface area (Å²) in [6.45, 7) is 2.48. The minimum absolute atomic E-state index is 0.00905. The van der Waals surface area contributed by atoms with Crippen LogP contribution in [0.25, 0.3) is 0 Å². The third-order valence-electron chi connectivity index (χ3n) is 4.52. The van der Waals surface area contributed by atoms with E-state index in [-0.39, 0.29) is 34.3 Å². The van der Waals surface area contributed by atoms with Crippen LogP contribution in [0.15, 0.2) is 47.4 Å². The number of halogens is 2. The van der Waals surface area contributed by atoms with Crippen molar-refractivity contribution in [1.29, 1.82) is 0 Å². The second-order valence-corrected chi connectivity index (χ2v) is 9.49. The number of morpholine rings is 1. The second-order valence-electron chi connectivity index (χ2n) is 6.71. The first-order chi connectivity index (χ1) is 14.7. The fraction of sp³-hybridized carbons (Fsp3) is 0.300. The lowest BCUT2D eigenvalue weighted by Crippen LogP contribution is -2.40. The molecule has 3 rings (SSSR count). The number of nitrogens with one attached hydrogen (secondary N) is 1. The Morgan fingerprint density at radius 3 is 2.55 bits per heavy atom. The first kappa shape index (κ1) is 23.5. The summed E-state index contributed by atoms with van der Waals surface area (Å²) >= 11 is 11.9. The molecule has 0 spiro atoms. The van der Waals surface area contributed by atoms with Crippen molar-refractivity contribution in [3.63, 3.8) is 0 Å². The molecule has 1 saturated heterocycles. The van der Waals surface area contributed by atoms with Crippen LogP contribution in [-0.4, -0.2) is 57.0 Å². The summed E-state index contributed by atoms with van der Waals surface area (Å²) in [5.74, 6) is -1.45. The van der Waals surface area contributed by atoms with Crippen LogP contribution in [0.1, 0.15) is 17.3 Å². The van der Waals surface area contributed by atoms with Crippen molar-refractivity contribution in [2.75, 3.05) is 31.6 Å². The number of sulfonamides is 1. The number of carbonyl (C=O) groups excluding carboxylic acids is 2. The smallest absolute Gasteiger partial charge is 0.338 e. The molecule has 1 heterocycles. The monoisotopic (exact) mass is 486 g/mol. The van der Waals surface area contributed by atoms with Crippen molar-refractivity contribution in [2.24, 2.45) is 0 Å². The van der Waals surface area contributed by atoms with E-state index in [9.17, 15) is 18.0 Å². The van der Waals surface area contributed by atoms with Crippen molar-refractivity contribution in [1.82, 2.24) is 4.31 Å². The molecule has 1 aliphatic heterocycles. The van der Waals surface area contributed by atoms with E-state index in [1.807, 2.05) is 0 Å². The second kappa shape index (κ2) is 9.97. The number of rotatable bonds is 6. The van der Waals surface area contributed by atoms with Gasteiger partial charge in [-0.1, -0.05) is 29.3 Å². The van der Waals surface area contributed by atoms with Gasteiger partial charge >= 0.3 is 5.97 Å². The fourth-order valence-electron chi connectivity index (χ4n) is 2.83. The van der Waals surface area contributed by atoms with Crippen LogP contribution in [0, 0.1) is 0 Å². The molecule has 1 N–H and O–H groups in total. The molecule has 1 aliphatic rings. The molecule has 1 unspecified atom stereocenters. The number of nitrogens with zero attached hydrogens (tertiary/aromatic N) is 1. The Morgan fingerprint density at radius 2 is 1.84 bits per heavy atom. The van der Waals surface area contributed by atoms with E-state index in [2.05, 4.69) is 5.32 Å². The minimum Gasteiger partial charge on any atom is -0.449 e. The maximum Gasteiger partial charge on any atom is 0.338 e. The van der Waals surface area contributed by atoms with Crippen LogP contribution in [0.4, 0.5) is 5.69 Å². The molecular formula is C20H20Cl2N2O6S. The highest BCUT2D eigenvalue weighted by Gasteiger charge is 2.27. The molecule has 8 nitrogen and oxygen atoms in total. The Kier molecular flexibility index (Phi) is 7.55. The number of hydrogen-bond donors (Lipinski definition) is 1. The van der Waals surface area contributed by atoms with Gasteiger partial charge in [-0.25, -0.2) is 13.2 Å². The molecule has 0 aliphatic carbocycles. The van der Waals surface area contributed by atoms with Crippen molar-refractivity contribution < 1.29 is 27.5 Å². The Balaban J connectivity index is 1.69. The van der Waals surface area contributed by atoms with Gasteiger partial charge in [-0.05, 0) is 43.3 Å². The Morgan fingerprint density at radius 1 is 1.13 bits per heavy atom. The maximum absolute atomic E-state index is 12.8. The predicted molar refractivity (Wildman–Crippen MR) is 116 cm³/mol. The van der Waals surface area contributed by atoms with Crippen LogP contribution in [0.3, 0.4) is 0 Å². The molecule has 166 valence electrons. The van der Waals surface area contributed by atoms with Crippen LogP contribution >= 0.6 is 23.2 Å². The number of benzene rings is 2. The number of ether oxygens (including phenoxy) is 2. The summed E-state index contributed by atoms with van der Waals surface area (Å²) in [6, 6.07) is 10.1. The summed E-state index contributed by atoms with van der Waals surface area (Å²) in [5.41, 5.74) is 0.287. The third kappa shape index (κ3) is 5.75. The van der Waals surface area contributed by atoms with E-state index in [4.69, 9.17) is 32.7 Å². The normalized spacial score (nSPS) is 15.8. The van der Waals surface area contributed by atoms with Gasteiger partial charge in [0.25, 0.3) is 5.91 Å². The Bertz CT molecular complexity index is 1090. The highest BCUT2D eigenvalue weighted by molar-refractivity contribution is 7.89. The Hall–Kier alpha value is -2.17. The third-order valence-corrected chi connectivity index (χ3v) is 6.98. The topological polar surface area (TPSA) is 102 Å². The summed E-state index contributed by atoms with van der Waals surface area (Å²) in [5, 5.41) is 3.19. The molecular weight excluding hydrogens is 467 g/mol. The van der Waals surface area contributed by atoms with Gasteiger partial charge in [-0.2, -0.15) is 4.31 Å². The molecule has 0 bridgehead atoms. The van der Waals surface area contributed by atoms with Gasteiger partial charge in [0.05, 0.1) is 34.4 Å². The fourth-order valence-corrected chi connectivity index (χ4v) is 4.62. The lowest BCUT2D eigenvalue weighted by molar-refractivity contribution is -0.123. The van der Waals surface area contributed by atoms with Gasteiger partial charge in [0.1, 0.15) is 0 Å². The summed E-state index contributed by atoms with van der Waals surface area (Å²) in [4.78, 5) is 24.8.